The van der Waals surface area contributed by atoms with Gasteiger partial charge in [0.15, 0.2) is 5.69 Å². The predicted molar refractivity (Wildman–Crippen MR) is 124 cm³/mol. The van der Waals surface area contributed by atoms with Gasteiger partial charge in [0.1, 0.15) is 0 Å². The van der Waals surface area contributed by atoms with Gasteiger partial charge in [0.2, 0.25) is 11.7 Å². The fourth-order valence-corrected chi connectivity index (χ4v) is 4.06. The summed E-state index contributed by atoms with van der Waals surface area (Å²) in [5.41, 5.74) is 1.98. The molecule has 1 fully saturated rings. The summed E-state index contributed by atoms with van der Waals surface area (Å²) in [6.07, 6.45) is 1.75. The first-order valence-corrected chi connectivity index (χ1v) is 11.2. The minimum absolute atomic E-state index is 0.0942. The van der Waals surface area contributed by atoms with E-state index < -0.39 is 0 Å². The van der Waals surface area contributed by atoms with E-state index in [2.05, 4.69) is 20.1 Å². The molecule has 4 aromatic rings. The number of para-hydroxylation sites is 1. The summed E-state index contributed by atoms with van der Waals surface area (Å²) in [5.74, 6) is 0.978. The van der Waals surface area contributed by atoms with Crippen LogP contribution in [-0.4, -0.2) is 61.8 Å². The van der Waals surface area contributed by atoms with E-state index in [1.165, 1.54) is 0 Å². The number of rotatable bonds is 5. The largest absolute Gasteiger partial charge is 0.338 e. The third-order valence-electron chi connectivity index (χ3n) is 5.50. The van der Waals surface area contributed by atoms with Crippen LogP contribution in [0.5, 0.6) is 0 Å². The van der Waals surface area contributed by atoms with Crippen molar-refractivity contribution in [3.05, 3.63) is 82.4 Å². The van der Waals surface area contributed by atoms with Gasteiger partial charge in [-0.3, -0.25) is 9.69 Å². The van der Waals surface area contributed by atoms with Gasteiger partial charge in [-0.1, -0.05) is 40.5 Å². The van der Waals surface area contributed by atoms with Gasteiger partial charge >= 0.3 is 0 Å². The van der Waals surface area contributed by atoms with E-state index in [-0.39, 0.29) is 5.91 Å². The van der Waals surface area contributed by atoms with Gasteiger partial charge in [-0.2, -0.15) is 10.1 Å². The summed E-state index contributed by atoms with van der Waals surface area (Å²) in [6.45, 7) is 3.13. The van der Waals surface area contributed by atoms with E-state index in [4.69, 9.17) is 27.7 Å². The van der Waals surface area contributed by atoms with Crippen molar-refractivity contribution in [3.8, 4) is 17.1 Å². The van der Waals surface area contributed by atoms with Gasteiger partial charge in [-0.15, -0.1) is 0 Å². The molecule has 10 heteroatoms. The first-order chi connectivity index (χ1) is 16.1. The normalized spacial score (nSPS) is 14.5. The average molecular weight is 483 g/mol. The van der Waals surface area contributed by atoms with Crippen LogP contribution in [0.25, 0.3) is 17.1 Å². The molecule has 0 radical (unpaired) electrons. The van der Waals surface area contributed by atoms with E-state index in [0.717, 1.165) is 11.3 Å². The van der Waals surface area contributed by atoms with Gasteiger partial charge in [-0.05, 0) is 42.5 Å². The molecule has 2 aromatic heterocycles. The van der Waals surface area contributed by atoms with E-state index in [0.29, 0.717) is 60.2 Å². The predicted octanol–water partition coefficient (Wildman–Crippen LogP) is 4.19. The van der Waals surface area contributed by atoms with E-state index >= 15 is 0 Å². The minimum Gasteiger partial charge on any atom is -0.338 e. The third kappa shape index (κ3) is 4.78. The molecular formula is C23H20Cl2N6O2. The number of piperazine rings is 1. The molecule has 0 bridgehead atoms. The highest BCUT2D eigenvalue weighted by atomic mass is 35.5. The molecular weight excluding hydrogens is 463 g/mol. The molecule has 168 valence electrons. The Morgan fingerprint density at radius 1 is 0.970 bits per heavy atom. The maximum absolute atomic E-state index is 12.9. The van der Waals surface area contributed by atoms with Crippen LogP contribution in [0.3, 0.4) is 0 Å². The maximum atomic E-state index is 12.9. The molecule has 8 nitrogen and oxygen atoms in total. The van der Waals surface area contributed by atoms with Crippen molar-refractivity contribution in [1.29, 1.82) is 0 Å². The monoisotopic (exact) mass is 482 g/mol. The summed E-state index contributed by atoms with van der Waals surface area (Å²) < 4.78 is 7.03. The van der Waals surface area contributed by atoms with Crippen LogP contribution in [-0.2, 0) is 6.54 Å². The van der Waals surface area contributed by atoms with E-state index in [1.807, 2.05) is 35.2 Å². The second-order valence-electron chi connectivity index (χ2n) is 7.68. The van der Waals surface area contributed by atoms with E-state index in [9.17, 15) is 4.79 Å². The Hall–Kier alpha value is -3.20. The molecule has 1 aliphatic rings. The van der Waals surface area contributed by atoms with Gasteiger partial charge in [0.25, 0.3) is 5.91 Å². The molecule has 5 rings (SSSR count). The fourth-order valence-electron chi connectivity index (χ4n) is 3.71. The summed E-state index contributed by atoms with van der Waals surface area (Å²) in [4.78, 5) is 21.4. The van der Waals surface area contributed by atoms with Gasteiger partial charge in [0.05, 0.1) is 17.3 Å². The molecule has 0 N–H and O–H groups in total. The second-order valence-corrected chi connectivity index (χ2v) is 8.53. The first kappa shape index (κ1) is 21.6. The van der Waals surface area contributed by atoms with Crippen LogP contribution in [0, 0.1) is 0 Å². The van der Waals surface area contributed by atoms with Crippen molar-refractivity contribution < 1.29 is 9.32 Å². The number of nitrogens with zero attached hydrogens (tertiary/aromatic N) is 6. The quantitative estimate of drug-likeness (QED) is 0.424. The smallest absolute Gasteiger partial charge is 0.274 e. The highest BCUT2D eigenvalue weighted by Crippen LogP contribution is 2.21. The van der Waals surface area contributed by atoms with Crippen molar-refractivity contribution >= 4 is 29.1 Å². The highest BCUT2D eigenvalue weighted by molar-refractivity contribution is 6.32. The summed E-state index contributed by atoms with van der Waals surface area (Å²) in [6, 6.07) is 16.4. The Bertz CT molecular complexity index is 1260. The number of halogens is 2. The summed E-state index contributed by atoms with van der Waals surface area (Å²) in [7, 11) is 0. The lowest BCUT2D eigenvalue weighted by Gasteiger charge is -2.33. The molecule has 0 spiro atoms. The topological polar surface area (TPSA) is 80.3 Å². The number of carbonyl (C=O) groups is 1. The van der Waals surface area contributed by atoms with Crippen LogP contribution in [0.15, 0.2) is 65.3 Å². The number of hydrogen-bond acceptors (Lipinski definition) is 6. The summed E-state index contributed by atoms with van der Waals surface area (Å²) >= 11 is 12.2. The van der Waals surface area contributed by atoms with E-state index in [1.54, 1.807) is 35.1 Å². The minimum atomic E-state index is -0.0942. The molecule has 33 heavy (non-hydrogen) atoms. The lowest BCUT2D eigenvalue weighted by molar-refractivity contribution is 0.0609. The third-order valence-corrected chi connectivity index (χ3v) is 6.07. The van der Waals surface area contributed by atoms with Gasteiger partial charge < -0.3 is 9.42 Å². The zero-order chi connectivity index (χ0) is 22.8. The molecule has 1 amide bonds. The highest BCUT2D eigenvalue weighted by Gasteiger charge is 2.25. The molecule has 3 heterocycles. The zero-order valence-corrected chi connectivity index (χ0v) is 19.1. The maximum Gasteiger partial charge on any atom is 0.274 e. The van der Waals surface area contributed by atoms with Gasteiger partial charge in [-0.25, -0.2) is 4.68 Å². The molecule has 1 saturated heterocycles. The van der Waals surface area contributed by atoms with Crippen LogP contribution >= 0.6 is 23.2 Å². The number of carbonyl (C=O) groups excluding carboxylic acids is 1. The SMILES string of the molecule is O=C(c1ccn(-c2ccccc2Cl)n1)N1CCN(Cc2nc(-c3ccc(Cl)cc3)no2)CC1. The molecule has 2 aromatic carbocycles. The van der Waals surface area contributed by atoms with Crippen molar-refractivity contribution in [2.24, 2.45) is 0 Å². The Morgan fingerprint density at radius 3 is 2.48 bits per heavy atom. The Morgan fingerprint density at radius 2 is 1.73 bits per heavy atom. The standard InChI is InChI=1S/C23H20Cl2N6O2/c24-17-7-5-16(6-8-17)22-26-21(33-28-22)15-29-11-13-30(14-12-29)23(32)19-9-10-31(27-19)20-4-2-1-3-18(20)25/h1-10H,11-15H2. The number of hydrogen-bond donors (Lipinski definition) is 0. The number of benzene rings is 2. The lowest BCUT2D eigenvalue weighted by atomic mass is 10.2. The Labute approximate surface area is 200 Å². The van der Waals surface area contributed by atoms with Crippen molar-refractivity contribution in [1.82, 2.24) is 29.7 Å². The number of aromatic nitrogens is 4. The molecule has 0 aliphatic carbocycles. The first-order valence-electron chi connectivity index (χ1n) is 10.5. The Kier molecular flexibility index (Phi) is 6.13. The molecule has 0 unspecified atom stereocenters. The summed E-state index contributed by atoms with van der Waals surface area (Å²) in [5, 5.41) is 9.72. The van der Waals surface area contributed by atoms with Crippen LogP contribution in [0.2, 0.25) is 10.0 Å². The Balaban J connectivity index is 1.17. The number of amides is 1. The van der Waals surface area contributed by atoms with Crippen LogP contribution in [0.4, 0.5) is 0 Å². The van der Waals surface area contributed by atoms with Crippen molar-refractivity contribution in [2.75, 3.05) is 26.2 Å². The van der Waals surface area contributed by atoms with Crippen molar-refractivity contribution in [2.45, 2.75) is 6.54 Å². The molecule has 1 aliphatic heterocycles. The van der Waals surface area contributed by atoms with Crippen LogP contribution in [0.1, 0.15) is 16.4 Å². The van der Waals surface area contributed by atoms with Crippen LogP contribution < -0.4 is 0 Å². The second kappa shape index (κ2) is 9.35. The molecule has 0 saturated carbocycles. The lowest BCUT2D eigenvalue weighted by Crippen LogP contribution is -2.48. The van der Waals surface area contributed by atoms with Gasteiger partial charge in [0, 0.05) is 43.0 Å². The molecule has 0 atom stereocenters. The fraction of sp³-hybridized carbons (Fsp3) is 0.217. The van der Waals surface area contributed by atoms with Crippen molar-refractivity contribution in [3.63, 3.8) is 0 Å². The zero-order valence-electron chi connectivity index (χ0n) is 17.6. The average Bonchev–Trinajstić information content (AvgIpc) is 3.50.